The molecule has 0 unspecified atom stereocenters. The lowest BCUT2D eigenvalue weighted by atomic mass is 10.2. The maximum absolute atomic E-state index is 12.6. The van der Waals surface area contributed by atoms with Gasteiger partial charge in [0, 0.05) is 16.1 Å². The molecule has 10 heteroatoms. The van der Waals surface area contributed by atoms with Crippen LogP contribution in [-0.4, -0.2) is 13.3 Å². The maximum Gasteiger partial charge on any atom is 0.311 e. The van der Waals surface area contributed by atoms with E-state index in [2.05, 4.69) is 0 Å². The highest BCUT2D eigenvalue weighted by molar-refractivity contribution is 7.90. The lowest BCUT2D eigenvalue weighted by Gasteiger charge is -2.10. The zero-order chi connectivity index (χ0) is 21.2. The summed E-state index contributed by atoms with van der Waals surface area (Å²) < 4.78 is 30.7. The van der Waals surface area contributed by atoms with Gasteiger partial charge in [0.05, 0.1) is 20.6 Å². The van der Waals surface area contributed by atoms with Crippen LogP contribution in [0, 0.1) is 10.1 Å². The molecule has 0 atom stereocenters. The maximum atomic E-state index is 12.6. The first-order valence-electron chi connectivity index (χ1n) is 8.04. The molecule has 0 aromatic heterocycles. The standard InChI is InChI=1S/C19H12Cl3NO5S/c20-13-2-5-15(6-3-13)29(26,27)11-12-1-7-19(17(9-12)23(24)25)28-18-8-4-14(21)10-16(18)22/h1-10H,11H2. The Morgan fingerprint density at radius 2 is 1.48 bits per heavy atom. The molecule has 0 fully saturated rings. The third-order valence-corrected chi connectivity index (χ3v) is 6.35. The number of nitro groups is 1. The Kier molecular flexibility index (Phi) is 6.33. The lowest BCUT2D eigenvalue weighted by molar-refractivity contribution is -0.385. The largest absolute Gasteiger partial charge is 0.449 e. The molecule has 3 rings (SSSR count). The predicted molar refractivity (Wildman–Crippen MR) is 112 cm³/mol. The molecule has 150 valence electrons. The van der Waals surface area contributed by atoms with Crippen molar-refractivity contribution < 1.29 is 18.1 Å². The fraction of sp³-hybridized carbons (Fsp3) is 0.0526. The van der Waals surface area contributed by atoms with Crippen molar-refractivity contribution in [3.63, 3.8) is 0 Å². The number of nitro benzene ring substituents is 1. The normalized spacial score (nSPS) is 11.3. The highest BCUT2D eigenvalue weighted by atomic mass is 35.5. The average Bonchev–Trinajstić information content (AvgIpc) is 2.65. The molecule has 0 N–H and O–H groups in total. The van der Waals surface area contributed by atoms with Gasteiger partial charge in [-0.3, -0.25) is 10.1 Å². The average molecular weight is 473 g/mol. The van der Waals surface area contributed by atoms with Gasteiger partial charge in [0.2, 0.25) is 5.75 Å². The molecule has 0 bridgehead atoms. The summed E-state index contributed by atoms with van der Waals surface area (Å²) in [5.74, 6) is -0.315. The summed E-state index contributed by atoms with van der Waals surface area (Å²) in [6.45, 7) is 0. The van der Waals surface area contributed by atoms with Gasteiger partial charge in [0.25, 0.3) is 0 Å². The van der Waals surface area contributed by atoms with E-state index in [1.807, 2.05) is 0 Å². The van der Waals surface area contributed by atoms with Crippen molar-refractivity contribution in [3.8, 4) is 11.5 Å². The SMILES string of the molecule is O=[N+]([O-])c1cc(CS(=O)(=O)c2ccc(Cl)cc2)ccc1Oc1ccc(Cl)cc1Cl. The predicted octanol–water partition coefficient (Wildman–Crippen LogP) is 6.32. The number of rotatable bonds is 6. The first-order chi connectivity index (χ1) is 13.7. The third-order valence-electron chi connectivity index (χ3n) is 3.86. The molecule has 0 aliphatic heterocycles. The van der Waals surface area contributed by atoms with Crippen LogP contribution >= 0.6 is 34.8 Å². The van der Waals surface area contributed by atoms with Crippen molar-refractivity contribution in [2.45, 2.75) is 10.6 Å². The molecule has 0 amide bonds. The summed E-state index contributed by atoms with van der Waals surface area (Å²) >= 11 is 17.7. The summed E-state index contributed by atoms with van der Waals surface area (Å²) in [4.78, 5) is 10.9. The van der Waals surface area contributed by atoms with Crippen LogP contribution in [0.3, 0.4) is 0 Å². The van der Waals surface area contributed by atoms with Gasteiger partial charge in [-0.15, -0.1) is 0 Å². The minimum atomic E-state index is -3.71. The molecule has 3 aromatic rings. The van der Waals surface area contributed by atoms with Crippen molar-refractivity contribution in [3.05, 3.63) is 91.4 Å². The molecule has 0 heterocycles. The smallest absolute Gasteiger partial charge is 0.311 e. The van der Waals surface area contributed by atoms with Gasteiger partial charge in [0.1, 0.15) is 5.75 Å². The van der Waals surface area contributed by atoms with Crippen molar-refractivity contribution >= 4 is 50.3 Å². The van der Waals surface area contributed by atoms with E-state index < -0.39 is 20.5 Å². The van der Waals surface area contributed by atoms with Crippen molar-refractivity contribution in [2.24, 2.45) is 0 Å². The zero-order valence-corrected chi connectivity index (χ0v) is 17.6. The van der Waals surface area contributed by atoms with Gasteiger partial charge >= 0.3 is 5.69 Å². The number of nitrogens with zero attached hydrogens (tertiary/aromatic N) is 1. The number of hydrogen-bond donors (Lipinski definition) is 0. The minimum absolute atomic E-state index is 0.0674. The molecule has 0 aliphatic carbocycles. The van der Waals surface area contributed by atoms with Crippen LogP contribution in [0.1, 0.15) is 5.56 Å². The first kappa shape index (κ1) is 21.4. The van der Waals surface area contributed by atoms with Crippen LogP contribution < -0.4 is 4.74 Å². The Morgan fingerprint density at radius 1 is 0.862 bits per heavy atom. The van der Waals surface area contributed by atoms with Gasteiger partial charge in [-0.2, -0.15) is 0 Å². The third kappa shape index (κ3) is 5.19. The number of sulfone groups is 1. The van der Waals surface area contributed by atoms with Crippen LogP contribution in [0.2, 0.25) is 15.1 Å². The van der Waals surface area contributed by atoms with Crippen LogP contribution in [0.4, 0.5) is 5.69 Å². The Labute approximate surface area is 181 Å². The summed E-state index contributed by atoms with van der Waals surface area (Å²) in [6, 6.07) is 14.1. The Morgan fingerprint density at radius 3 is 2.10 bits per heavy atom. The van der Waals surface area contributed by atoms with Gasteiger partial charge < -0.3 is 4.74 Å². The van der Waals surface area contributed by atoms with Crippen LogP contribution in [0.5, 0.6) is 11.5 Å². The van der Waals surface area contributed by atoms with E-state index in [0.29, 0.717) is 10.0 Å². The monoisotopic (exact) mass is 471 g/mol. The van der Waals surface area contributed by atoms with Crippen molar-refractivity contribution in [1.29, 1.82) is 0 Å². The van der Waals surface area contributed by atoms with Gasteiger partial charge in [-0.1, -0.05) is 40.9 Å². The van der Waals surface area contributed by atoms with E-state index in [-0.39, 0.29) is 32.7 Å². The number of benzene rings is 3. The van der Waals surface area contributed by atoms with Gasteiger partial charge in [-0.05, 0) is 54.1 Å². The molecule has 0 saturated carbocycles. The van der Waals surface area contributed by atoms with E-state index in [1.54, 1.807) is 0 Å². The molecule has 3 aromatic carbocycles. The zero-order valence-electron chi connectivity index (χ0n) is 14.5. The highest BCUT2D eigenvalue weighted by Gasteiger charge is 2.21. The van der Waals surface area contributed by atoms with E-state index in [4.69, 9.17) is 39.5 Å². The molecule has 0 radical (unpaired) electrons. The summed E-state index contributed by atoms with van der Waals surface area (Å²) in [5, 5.41) is 12.5. The summed E-state index contributed by atoms with van der Waals surface area (Å²) in [7, 11) is -3.71. The molecule has 0 aliphatic rings. The second-order valence-electron chi connectivity index (χ2n) is 5.95. The second-order valence-corrected chi connectivity index (χ2v) is 9.22. The van der Waals surface area contributed by atoms with E-state index in [1.165, 1.54) is 54.6 Å². The van der Waals surface area contributed by atoms with Gasteiger partial charge in [-0.25, -0.2) is 8.42 Å². The van der Waals surface area contributed by atoms with Crippen LogP contribution in [0.15, 0.2) is 65.6 Å². The number of ether oxygens (including phenoxy) is 1. The van der Waals surface area contributed by atoms with Crippen LogP contribution in [-0.2, 0) is 15.6 Å². The quantitative estimate of drug-likeness (QED) is 0.309. The van der Waals surface area contributed by atoms with Crippen molar-refractivity contribution in [2.75, 3.05) is 0 Å². The number of halogens is 3. The van der Waals surface area contributed by atoms with E-state index >= 15 is 0 Å². The molecule has 0 spiro atoms. The minimum Gasteiger partial charge on any atom is -0.449 e. The first-order valence-corrected chi connectivity index (χ1v) is 10.8. The molecule has 29 heavy (non-hydrogen) atoms. The molecule has 6 nitrogen and oxygen atoms in total. The summed E-state index contributed by atoms with van der Waals surface area (Å²) in [5.41, 5.74) is -0.152. The Hall–Kier alpha value is -2.32. The topological polar surface area (TPSA) is 86.5 Å². The fourth-order valence-corrected chi connectivity index (χ4v) is 4.41. The highest BCUT2D eigenvalue weighted by Crippen LogP contribution is 2.37. The molecular formula is C19H12Cl3NO5S. The van der Waals surface area contributed by atoms with E-state index in [9.17, 15) is 18.5 Å². The lowest BCUT2D eigenvalue weighted by Crippen LogP contribution is -2.05. The molecular weight excluding hydrogens is 461 g/mol. The Bertz CT molecular complexity index is 1180. The Balaban J connectivity index is 1.91. The summed E-state index contributed by atoms with van der Waals surface area (Å²) in [6.07, 6.45) is 0. The van der Waals surface area contributed by atoms with Crippen molar-refractivity contribution in [1.82, 2.24) is 0 Å². The van der Waals surface area contributed by atoms with Crippen LogP contribution in [0.25, 0.3) is 0 Å². The number of hydrogen-bond acceptors (Lipinski definition) is 5. The van der Waals surface area contributed by atoms with E-state index in [0.717, 1.165) is 6.07 Å². The second kappa shape index (κ2) is 8.59. The fourth-order valence-electron chi connectivity index (χ4n) is 2.50. The van der Waals surface area contributed by atoms with Gasteiger partial charge in [0.15, 0.2) is 9.84 Å². The molecule has 0 saturated heterocycles.